The van der Waals surface area contributed by atoms with Gasteiger partial charge in [0.15, 0.2) is 17.8 Å². The molecular weight excluding hydrogens is 504 g/mol. The standard InChI is InChI=1S/C29H25F2N5O3/c30-19-5-8-21(9-6-19)36-15-3-4-23(29(36)38)28(37)34-20-7-10-26(24(31)16-20)39-27-17-22(35-13-1-2-14-35)18-33-25(27)11-12-32/h3-12,15-18H,1-2,13-14,32H2,(H,34,37)/p+1. The Morgan fingerprint density at radius 2 is 1.77 bits per heavy atom. The zero-order valence-electron chi connectivity index (χ0n) is 20.9. The molecule has 198 valence electrons. The summed E-state index contributed by atoms with van der Waals surface area (Å²) in [6, 6.07) is 14.0. The Labute approximate surface area is 223 Å². The van der Waals surface area contributed by atoms with Crippen LogP contribution < -0.4 is 31.2 Å². The molecule has 1 aliphatic rings. The van der Waals surface area contributed by atoms with Crippen LogP contribution >= 0.6 is 0 Å². The first-order valence-electron chi connectivity index (χ1n) is 12.4. The number of hydrogen-bond acceptors (Lipinski definition) is 5. The number of rotatable bonds is 7. The number of nitrogens with zero attached hydrogens (tertiary/aromatic N) is 2. The minimum atomic E-state index is -0.715. The fourth-order valence-corrected chi connectivity index (χ4v) is 4.40. The smallest absolute Gasteiger partial charge is 0.267 e. The molecule has 0 atom stereocenters. The van der Waals surface area contributed by atoms with Crippen molar-refractivity contribution >= 4 is 23.4 Å². The maximum absolute atomic E-state index is 15.1. The normalized spacial score (nSPS) is 13.1. The van der Waals surface area contributed by atoms with Crippen LogP contribution in [0.1, 0.15) is 28.9 Å². The van der Waals surface area contributed by atoms with Crippen LogP contribution in [0.2, 0.25) is 0 Å². The number of nitrogens with one attached hydrogen (secondary N) is 2. The molecule has 0 spiro atoms. The Hall–Kier alpha value is -4.99. The zero-order chi connectivity index (χ0) is 27.4. The molecule has 1 aliphatic heterocycles. The number of aromatic nitrogens is 2. The van der Waals surface area contributed by atoms with E-state index in [9.17, 15) is 14.0 Å². The highest BCUT2D eigenvalue weighted by atomic mass is 19.1. The summed E-state index contributed by atoms with van der Waals surface area (Å²) in [6.45, 7) is 1.86. The summed E-state index contributed by atoms with van der Waals surface area (Å²) >= 11 is 0. The third-order valence-electron chi connectivity index (χ3n) is 6.36. The number of anilines is 2. The number of aromatic amines is 1. The Bertz CT molecular complexity index is 1600. The molecule has 5 rings (SSSR count). The van der Waals surface area contributed by atoms with Gasteiger partial charge in [-0.05, 0) is 61.4 Å². The Balaban J connectivity index is 1.36. The number of carbonyl (C=O) groups excluding carboxylic acids is 1. The summed E-state index contributed by atoms with van der Waals surface area (Å²) in [5.41, 5.74) is 6.84. The first-order valence-corrected chi connectivity index (χ1v) is 12.4. The van der Waals surface area contributed by atoms with Crippen molar-refractivity contribution in [3.05, 3.63) is 113 Å². The summed E-state index contributed by atoms with van der Waals surface area (Å²) in [6.07, 6.45) is 8.51. The van der Waals surface area contributed by atoms with Gasteiger partial charge in [0, 0.05) is 55.1 Å². The van der Waals surface area contributed by atoms with Gasteiger partial charge in [-0.2, -0.15) is 0 Å². The van der Waals surface area contributed by atoms with Crippen molar-refractivity contribution in [1.82, 2.24) is 4.57 Å². The number of nitrogens with two attached hydrogens (primary N) is 1. The van der Waals surface area contributed by atoms with Gasteiger partial charge in [0.2, 0.25) is 11.4 Å². The van der Waals surface area contributed by atoms with Gasteiger partial charge in [0.1, 0.15) is 17.1 Å². The Morgan fingerprint density at radius 1 is 1.00 bits per heavy atom. The molecule has 1 amide bonds. The average Bonchev–Trinajstić information content (AvgIpc) is 3.47. The number of carbonyl (C=O) groups is 1. The number of H-pyrrole nitrogens is 1. The Morgan fingerprint density at radius 3 is 2.49 bits per heavy atom. The fourth-order valence-electron chi connectivity index (χ4n) is 4.40. The molecule has 2 aromatic carbocycles. The maximum Gasteiger partial charge on any atom is 0.267 e. The van der Waals surface area contributed by atoms with E-state index in [1.165, 1.54) is 65.5 Å². The van der Waals surface area contributed by atoms with Crippen molar-refractivity contribution in [3.8, 4) is 17.2 Å². The van der Waals surface area contributed by atoms with Gasteiger partial charge in [-0.15, -0.1) is 0 Å². The lowest BCUT2D eigenvalue weighted by molar-refractivity contribution is -0.380. The highest BCUT2D eigenvalue weighted by molar-refractivity contribution is 6.04. The molecule has 2 aromatic heterocycles. The monoisotopic (exact) mass is 530 g/mol. The number of halogens is 2. The highest BCUT2D eigenvalue weighted by Crippen LogP contribution is 2.31. The second-order valence-corrected chi connectivity index (χ2v) is 8.96. The van der Waals surface area contributed by atoms with Crippen molar-refractivity contribution in [3.63, 3.8) is 0 Å². The summed E-state index contributed by atoms with van der Waals surface area (Å²) in [5, 5.41) is 2.55. The Kier molecular flexibility index (Phi) is 7.35. The minimum absolute atomic E-state index is 0.0509. The first kappa shape index (κ1) is 25.7. The van der Waals surface area contributed by atoms with Crippen LogP contribution in [-0.4, -0.2) is 23.6 Å². The highest BCUT2D eigenvalue weighted by Gasteiger charge is 2.20. The summed E-state index contributed by atoms with van der Waals surface area (Å²) in [7, 11) is 0. The zero-order valence-corrected chi connectivity index (χ0v) is 20.9. The quantitative estimate of drug-likeness (QED) is 0.366. The molecule has 0 saturated carbocycles. The van der Waals surface area contributed by atoms with E-state index in [0.29, 0.717) is 17.1 Å². The van der Waals surface area contributed by atoms with Crippen LogP contribution in [0.15, 0.2) is 84.1 Å². The van der Waals surface area contributed by atoms with Gasteiger partial charge in [0.25, 0.3) is 11.5 Å². The third kappa shape index (κ3) is 5.64. The predicted octanol–water partition coefficient (Wildman–Crippen LogP) is 4.50. The van der Waals surface area contributed by atoms with E-state index < -0.39 is 23.1 Å². The number of ether oxygens (including phenoxy) is 1. The van der Waals surface area contributed by atoms with Crippen LogP contribution in [-0.2, 0) is 0 Å². The summed E-state index contributed by atoms with van der Waals surface area (Å²) < 4.78 is 35.5. The van der Waals surface area contributed by atoms with E-state index in [0.717, 1.165) is 37.7 Å². The molecule has 4 N–H and O–H groups in total. The molecule has 10 heteroatoms. The summed E-state index contributed by atoms with van der Waals surface area (Å²) in [5.74, 6) is -1.53. The fraction of sp³-hybridized carbons (Fsp3) is 0.138. The molecule has 0 radical (unpaired) electrons. The first-order chi connectivity index (χ1) is 18.9. The number of benzene rings is 2. The van der Waals surface area contributed by atoms with Crippen molar-refractivity contribution in [1.29, 1.82) is 0 Å². The van der Waals surface area contributed by atoms with Crippen LogP contribution in [0.5, 0.6) is 11.5 Å². The van der Waals surface area contributed by atoms with Crippen LogP contribution in [0.3, 0.4) is 0 Å². The van der Waals surface area contributed by atoms with Gasteiger partial charge in [-0.1, -0.05) is 0 Å². The van der Waals surface area contributed by atoms with Gasteiger partial charge >= 0.3 is 0 Å². The van der Waals surface area contributed by atoms with E-state index in [-0.39, 0.29) is 17.0 Å². The summed E-state index contributed by atoms with van der Waals surface area (Å²) in [4.78, 5) is 31.1. The SMILES string of the molecule is NC=Cc1[nH+]cc(N2CCCC2)cc1Oc1ccc(NC(=O)c2cccn(-c3ccc(F)cc3)c2=O)cc1F. The molecule has 8 nitrogen and oxygen atoms in total. The van der Waals surface area contributed by atoms with Crippen molar-refractivity contribution < 1.29 is 23.3 Å². The molecule has 3 heterocycles. The molecule has 0 aliphatic carbocycles. The molecule has 0 bridgehead atoms. The molecule has 1 fully saturated rings. The van der Waals surface area contributed by atoms with Crippen molar-refractivity contribution in [2.45, 2.75) is 12.8 Å². The third-order valence-corrected chi connectivity index (χ3v) is 6.36. The molecule has 4 aromatic rings. The van der Waals surface area contributed by atoms with E-state index in [1.807, 2.05) is 12.3 Å². The predicted molar refractivity (Wildman–Crippen MR) is 144 cm³/mol. The second kappa shape index (κ2) is 11.2. The lowest BCUT2D eigenvalue weighted by atomic mass is 10.2. The lowest BCUT2D eigenvalue weighted by Crippen LogP contribution is -2.27. The van der Waals surface area contributed by atoms with Crippen molar-refractivity contribution in [2.24, 2.45) is 5.73 Å². The van der Waals surface area contributed by atoms with Crippen LogP contribution in [0.25, 0.3) is 11.8 Å². The molecule has 0 unspecified atom stereocenters. The average molecular weight is 531 g/mol. The van der Waals surface area contributed by atoms with Gasteiger partial charge in [0.05, 0.1) is 0 Å². The minimum Gasteiger partial charge on any atom is -0.447 e. The van der Waals surface area contributed by atoms with E-state index in [2.05, 4.69) is 15.2 Å². The number of pyridine rings is 2. The topological polar surface area (TPSA) is 104 Å². The largest absolute Gasteiger partial charge is 0.447 e. The lowest BCUT2D eigenvalue weighted by Gasteiger charge is -2.16. The van der Waals surface area contributed by atoms with Crippen molar-refractivity contribution in [2.75, 3.05) is 23.3 Å². The molecule has 39 heavy (non-hydrogen) atoms. The van der Waals surface area contributed by atoms with E-state index in [4.69, 9.17) is 10.5 Å². The van der Waals surface area contributed by atoms with Gasteiger partial charge in [-0.25, -0.2) is 13.8 Å². The second-order valence-electron chi connectivity index (χ2n) is 8.96. The number of hydrogen-bond donors (Lipinski definition) is 2. The maximum atomic E-state index is 15.1. The van der Waals surface area contributed by atoms with Gasteiger partial charge in [-0.3, -0.25) is 14.2 Å². The van der Waals surface area contributed by atoms with Crippen LogP contribution in [0.4, 0.5) is 20.2 Å². The van der Waals surface area contributed by atoms with E-state index >= 15 is 4.39 Å². The van der Waals surface area contributed by atoms with Crippen LogP contribution in [0, 0.1) is 11.6 Å². The molecular formula is C29H26F2N5O3+. The number of amides is 1. The molecule has 1 saturated heterocycles. The van der Waals surface area contributed by atoms with E-state index in [1.54, 1.807) is 6.08 Å². The van der Waals surface area contributed by atoms with Gasteiger partial charge < -0.3 is 20.7 Å².